The lowest BCUT2D eigenvalue weighted by Gasteiger charge is -2.10. The van der Waals surface area contributed by atoms with Crippen LogP contribution < -0.4 is 20.1 Å². The molecule has 142 valence electrons. The first-order valence-electron chi connectivity index (χ1n) is 8.23. The summed E-state index contributed by atoms with van der Waals surface area (Å²) in [5, 5.41) is 5.38. The van der Waals surface area contributed by atoms with Gasteiger partial charge in [-0.05, 0) is 54.6 Å². The molecule has 1 heterocycles. The van der Waals surface area contributed by atoms with Crippen molar-refractivity contribution < 1.29 is 27.4 Å². The number of anilines is 3. The predicted molar refractivity (Wildman–Crippen MR) is 96.6 cm³/mol. The van der Waals surface area contributed by atoms with Crippen LogP contribution in [0.4, 0.5) is 30.2 Å². The zero-order valence-corrected chi connectivity index (χ0v) is 14.3. The van der Waals surface area contributed by atoms with E-state index in [1.54, 1.807) is 42.5 Å². The molecule has 8 heteroatoms. The summed E-state index contributed by atoms with van der Waals surface area (Å²) in [6, 6.07) is 13.1. The Labute approximate surface area is 157 Å². The molecule has 4 rings (SSSR count). The molecule has 2 N–H and O–H groups in total. The highest BCUT2D eigenvalue weighted by molar-refractivity contribution is 6.04. The third kappa shape index (κ3) is 3.44. The van der Waals surface area contributed by atoms with Gasteiger partial charge in [0.2, 0.25) is 6.79 Å². The van der Waals surface area contributed by atoms with E-state index in [1.165, 1.54) is 0 Å². The molecule has 0 aromatic heterocycles. The summed E-state index contributed by atoms with van der Waals surface area (Å²) in [6.45, 7) is 0.118. The van der Waals surface area contributed by atoms with Crippen molar-refractivity contribution in [2.75, 3.05) is 17.4 Å². The summed E-state index contributed by atoms with van der Waals surface area (Å²) in [4.78, 5) is 12.4. The first kappa shape index (κ1) is 17.7. The fourth-order valence-electron chi connectivity index (χ4n) is 2.66. The molecule has 1 aliphatic heterocycles. The topological polar surface area (TPSA) is 59.6 Å². The molecule has 0 saturated heterocycles. The van der Waals surface area contributed by atoms with E-state index in [2.05, 4.69) is 10.6 Å². The Balaban J connectivity index is 1.45. The highest BCUT2D eigenvalue weighted by Crippen LogP contribution is 2.32. The van der Waals surface area contributed by atoms with Crippen molar-refractivity contribution >= 4 is 23.0 Å². The monoisotopic (exact) mass is 386 g/mol. The summed E-state index contributed by atoms with van der Waals surface area (Å²) in [5.74, 6) is -3.37. The fraction of sp³-hybridized carbons (Fsp3) is 0.0500. The third-order valence-corrected chi connectivity index (χ3v) is 4.09. The van der Waals surface area contributed by atoms with Gasteiger partial charge in [-0.1, -0.05) is 0 Å². The number of ether oxygens (including phenoxy) is 2. The van der Waals surface area contributed by atoms with E-state index in [9.17, 15) is 18.0 Å². The van der Waals surface area contributed by atoms with Crippen molar-refractivity contribution in [1.29, 1.82) is 0 Å². The zero-order valence-electron chi connectivity index (χ0n) is 14.3. The second-order valence-corrected chi connectivity index (χ2v) is 5.95. The molecular formula is C20H13F3N2O3. The van der Waals surface area contributed by atoms with Crippen LogP contribution in [0.1, 0.15) is 10.4 Å². The van der Waals surface area contributed by atoms with E-state index < -0.39 is 17.5 Å². The van der Waals surface area contributed by atoms with Crippen molar-refractivity contribution in [3.05, 3.63) is 77.6 Å². The lowest BCUT2D eigenvalue weighted by molar-refractivity contribution is 0.102. The predicted octanol–water partition coefficient (Wildman–Crippen LogP) is 4.83. The Bertz CT molecular complexity index is 1060. The Morgan fingerprint density at radius 3 is 2.32 bits per heavy atom. The Morgan fingerprint density at radius 2 is 1.54 bits per heavy atom. The van der Waals surface area contributed by atoms with Crippen LogP contribution in [0.25, 0.3) is 0 Å². The molecule has 0 fully saturated rings. The highest BCUT2D eigenvalue weighted by atomic mass is 19.2. The molecule has 0 radical (unpaired) electrons. The van der Waals surface area contributed by atoms with Crippen molar-refractivity contribution in [3.8, 4) is 11.5 Å². The molecular weight excluding hydrogens is 373 g/mol. The maximum absolute atomic E-state index is 13.7. The summed E-state index contributed by atoms with van der Waals surface area (Å²) in [6.07, 6.45) is 0. The van der Waals surface area contributed by atoms with Gasteiger partial charge in [0, 0.05) is 16.9 Å². The van der Waals surface area contributed by atoms with Crippen LogP contribution in [0.2, 0.25) is 0 Å². The molecule has 0 bridgehead atoms. The van der Waals surface area contributed by atoms with Crippen LogP contribution in [0.15, 0.2) is 54.6 Å². The van der Waals surface area contributed by atoms with Gasteiger partial charge in [-0.2, -0.15) is 0 Å². The number of hydrogen-bond acceptors (Lipinski definition) is 4. The SMILES string of the molecule is O=C(Nc1ccc(Nc2ccc(F)c(F)c2F)cc1)c1ccc2c(c1)OCO2. The van der Waals surface area contributed by atoms with Gasteiger partial charge in [0.05, 0.1) is 5.69 Å². The number of halogens is 3. The van der Waals surface area contributed by atoms with Gasteiger partial charge < -0.3 is 20.1 Å². The number of carbonyl (C=O) groups excluding carboxylic acids is 1. The summed E-state index contributed by atoms with van der Waals surface area (Å²) in [5.41, 5.74) is 1.14. The first-order valence-corrected chi connectivity index (χ1v) is 8.23. The van der Waals surface area contributed by atoms with E-state index in [0.29, 0.717) is 28.4 Å². The average molecular weight is 386 g/mol. The molecule has 0 spiro atoms. The number of nitrogens with one attached hydrogen (secondary N) is 2. The summed E-state index contributed by atoms with van der Waals surface area (Å²) >= 11 is 0. The number of fused-ring (bicyclic) bond motifs is 1. The minimum Gasteiger partial charge on any atom is -0.454 e. The van der Waals surface area contributed by atoms with Crippen LogP contribution in [-0.4, -0.2) is 12.7 Å². The van der Waals surface area contributed by atoms with Gasteiger partial charge in [0.1, 0.15) is 0 Å². The summed E-state index contributed by atoms with van der Waals surface area (Å²) < 4.78 is 50.5. The van der Waals surface area contributed by atoms with Crippen LogP contribution in [0, 0.1) is 17.5 Å². The van der Waals surface area contributed by atoms with E-state index >= 15 is 0 Å². The van der Waals surface area contributed by atoms with Crippen LogP contribution in [-0.2, 0) is 0 Å². The molecule has 3 aromatic rings. The van der Waals surface area contributed by atoms with Gasteiger partial charge in [-0.3, -0.25) is 4.79 Å². The van der Waals surface area contributed by atoms with Crippen molar-refractivity contribution in [2.24, 2.45) is 0 Å². The number of benzene rings is 3. The largest absolute Gasteiger partial charge is 0.454 e. The number of rotatable bonds is 4. The molecule has 1 amide bonds. The normalized spacial score (nSPS) is 12.0. The lowest BCUT2D eigenvalue weighted by Crippen LogP contribution is -2.11. The van der Waals surface area contributed by atoms with Gasteiger partial charge in [-0.25, -0.2) is 13.2 Å². The van der Waals surface area contributed by atoms with Gasteiger partial charge in [-0.15, -0.1) is 0 Å². The minimum atomic E-state index is -1.54. The number of amides is 1. The third-order valence-electron chi connectivity index (χ3n) is 4.09. The molecule has 5 nitrogen and oxygen atoms in total. The standard InChI is InChI=1S/C20H13F3N2O3/c21-14-6-7-15(19(23)18(14)22)24-12-2-4-13(5-3-12)25-20(26)11-1-8-16-17(9-11)28-10-27-16/h1-9,24H,10H2,(H,25,26). The maximum atomic E-state index is 13.7. The molecule has 0 unspecified atom stereocenters. The molecule has 0 aliphatic carbocycles. The molecule has 0 saturated carbocycles. The average Bonchev–Trinajstić information content (AvgIpc) is 3.17. The second kappa shape index (κ2) is 7.15. The first-order chi connectivity index (χ1) is 13.5. The minimum absolute atomic E-state index is 0.118. The Morgan fingerprint density at radius 1 is 0.821 bits per heavy atom. The van der Waals surface area contributed by atoms with Gasteiger partial charge in [0.25, 0.3) is 5.91 Å². The van der Waals surface area contributed by atoms with E-state index in [1.807, 2.05) is 0 Å². The van der Waals surface area contributed by atoms with E-state index in [4.69, 9.17) is 9.47 Å². The number of carbonyl (C=O) groups is 1. The van der Waals surface area contributed by atoms with Gasteiger partial charge in [0.15, 0.2) is 29.0 Å². The molecule has 0 atom stereocenters. The fourth-order valence-corrected chi connectivity index (χ4v) is 2.66. The lowest BCUT2D eigenvalue weighted by atomic mass is 10.2. The summed E-state index contributed by atoms with van der Waals surface area (Å²) in [7, 11) is 0. The van der Waals surface area contributed by atoms with E-state index in [-0.39, 0.29) is 18.4 Å². The highest BCUT2D eigenvalue weighted by Gasteiger charge is 2.16. The Hall–Kier alpha value is -3.68. The van der Waals surface area contributed by atoms with Gasteiger partial charge >= 0.3 is 0 Å². The van der Waals surface area contributed by atoms with Crippen molar-refractivity contribution in [2.45, 2.75) is 0 Å². The van der Waals surface area contributed by atoms with E-state index in [0.717, 1.165) is 12.1 Å². The quantitative estimate of drug-likeness (QED) is 0.631. The molecule has 3 aromatic carbocycles. The Kier molecular flexibility index (Phi) is 4.52. The smallest absolute Gasteiger partial charge is 0.255 e. The molecule has 1 aliphatic rings. The van der Waals surface area contributed by atoms with Crippen LogP contribution in [0.5, 0.6) is 11.5 Å². The maximum Gasteiger partial charge on any atom is 0.255 e. The molecule has 28 heavy (non-hydrogen) atoms. The van der Waals surface area contributed by atoms with Crippen LogP contribution >= 0.6 is 0 Å². The second-order valence-electron chi connectivity index (χ2n) is 5.95. The zero-order chi connectivity index (χ0) is 19.7. The van der Waals surface area contributed by atoms with Crippen molar-refractivity contribution in [3.63, 3.8) is 0 Å². The number of hydrogen-bond donors (Lipinski definition) is 2. The van der Waals surface area contributed by atoms with Crippen molar-refractivity contribution in [1.82, 2.24) is 0 Å². The van der Waals surface area contributed by atoms with Crippen LogP contribution in [0.3, 0.4) is 0 Å².